The summed E-state index contributed by atoms with van der Waals surface area (Å²) in [6.45, 7) is 0. The van der Waals surface area contributed by atoms with Crippen LogP contribution in [0.15, 0.2) is 48.5 Å². The highest BCUT2D eigenvalue weighted by atomic mass is 19.1. The number of benzene rings is 2. The number of carbonyl (C=O) groups is 1. The summed E-state index contributed by atoms with van der Waals surface area (Å²) in [6.07, 6.45) is 0. The molecular formula is C14H12FNO2. The van der Waals surface area contributed by atoms with Crippen molar-refractivity contribution in [3.05, 3.63) is 59.9 Å². The van der Waals surface area contributed by atoms with Gasteiger partial charge in [0.05, 0.1) is 5.56 Å². The van der Waals surface area contributed by atoms with Crippen LogP contribution in [0.1, 0.15) is 10.4 Å². The van der Waals surface area contributed by atoms with E-state index in [0.717, 1.165) is 0 Å². The summed E-state index contributed by atoms with van der Waals surface area (Å²) in [7, 11) is 1.53. The molecule has 0 aromatic heterocycles. The van der Waals surface area contributed by atoms with Crippen LogP contribution in [0.5, 0.6) is 5.75 Å². The number of hydrogen-bond donors (Lipinski definition) is 1. The maximum Gasteiger partial charge on any atom is 0.260 e. The smallest absolute Gasteiger partial charge is 0.260 e. The largest absolute Gasteiger partial charge is 0.508 e. The van der Waals surface area contributed by atoms with Gasteiger partial charge in [-0.1, -0.05) is 18.2 Å². The van der Waals surface area contributed by atoms with E-state index >= 15 is 0 Å². The first-order chi connectivity index (χ1) is 8.59. The molecule has 2 aromatic rings. The standard InChI is InChI=1S/C14H12FNO2/c1-16(10-5-4-6-11(17)9-10)14(18)12-7-2-3-8-13(12)15/h2-9,17H,1H3. The van der Waals surface area contributed by atoms with Gasteiger partial charge in [0.1, 0.15) is 11.6 Å². The fraction of sp³-hybridized carbons (Fsp3) is 0.0714. The Morgan fingerprint density at radius 1 is 1.17 bits per heavy atom. The second-order valence-corrected chi connectivity index (χ2v) is 3.86. The van der Waals surface area contributed by atoms with Crippen LogP contribution in [0.3, 0.4) is 0 Å². The number of amides is 1. The molecule has 3 nitrogen and oxygen atoms in total. The van der Waals surface area contributed by atoms with Crippen molar-refractivity contribution >= 4 is 11.6 Å². The zero-order chi connectivity index (χ0) is 13.1. The molecular weight excluding hydrogens is 233 g/mol. The Morgan fingerprint density at radius 2 is 1.89 bits per heavy atom. The molecule has 0 radical (unpaired) electrons. The summed E-state index contributed by atoms with van der Waals surface area (Å²) >= 11 is 0. The van der Waals surface area contributed by atoms with E-state index in [9.17, 15) is 14.3 Å². The van der Waals surface area contributed by atoms with E-state index in [4.69, 9.17) is 0 Å². The van der Waals surface area contributed by atoms with Gasteiger partial charge < -0.3 is 10.0 Å². The monoisotopic (exact) mass is 245 g/mol. The van der Waals surface area contributed by atoms with Gasteiger partial charge in [-0.15, -0.1) is 0 Å². The van der Waals surface area contributed by atoms with Crippen molar-refractivity contribution in [1.82, 2.24) is 0 Å². The topological polar surface area (TPSA) is 40.5 Å². The number of anilines is 1. The molecule has 0 aliphatic heterocycles. The second kappa shape index (κ2) is 4.87. The lowest BCUT2D eigenvalue weighted by Crippen LogP contribution is -2.26. The number of aromatic hydroxyl groups is 1. The Balaban J connectivity index is 2.32. The number of carbonyl (C=O) groups excluding carboxylic acids is 1. The van der Waals surface area contributed by atoms with Crippen molar-refractivity contribution in [2.24, 2.45) is 0 Å². The van der Waals surface area contributed by atoms with Gasteiger partial charge in [-0.25, -0.2) is 4.39 Å². The molecule has 1 amide bonds. The molecule has 92 valence electrons. The molecule has 0 spiro atoms. The van der Waals surface area contributed by atoms with Crippen LogP contribution in [-0.4, -0.2) is 18.1 Å². The van der Waals surface area contributed by atoms with Gasteiger partial charge in [-0.2, -0.15) is 0 Å². The number of phenolic OH excluding ortho intramolecular Hbond substituents is 1. The van der Waals surface area contributed by atoms with Crippen molar-refractivity contribution in [3.63, 3.8) is 0 Å². The quantitative estimate of drug-likeness (QED) is 0.883. The molecule has 2 aromatic carbocycles. The van der Waals surface area contributed by atoms with Crippen molar-refractivity contribution < 1.29 is 14.3 Å². The van der Waals surface area contributed by atoms with E-state index in [2.05, 4.69) is 0 Å². The molecule has 0 unspecified atom stereocenters. The van der Waals surface area contributed by atoms with Crippen molar-refractivity contribution in [2.75, 3.05) is 11.9 Å². The summed E-state index contributed by atoms with van der Waals surface area (Å²) in [5, 5.41) is 9.36. The Labute approximate surface area is 104 Å². The van der Waals surface area contributed by atoms with Crippen LogP contribution >= 0.6 is 0 Å². The molecule has 0 saturated heterocycles. The Morgan fingerprint density at radius 3 is 2.56 bits per heavy atom. The van der Waals surface area contributed by atoms with Crippen LogP contribution in [0.25, 0.3) is 0 Å². The zero-order valence-electron chi connectivity index (χ0n) is 9.80. The number of halogens is 1. The fourth-order valence-electron chi connectivity index (χ4n) is 1.63. The summed E-state index contributed by atoms with van der Waals surface area (Å²) in [5.74, 6) is -0.964. The average molecular weight is 245 g/mol. The highest BCUT2D eigenvalue weighted by molar-refractivity contribution is 6.05. The lowest BCUT2D eigenvalue weighted by atomic mass is 10.1. The van der Waals surface area contributed by atoms with Crippen molar-refractivity contribution in [3.8, 4) is 5.75 Å². The van der Waals surface area contributed by atoms with E-state index in [1.165, 1.54) is 42.3 Å². The number of nitrogens with zero attached hydrogens (tertiary/aromatic N) is 1. The Bertz CT molecular complexity index is 584. The van der Waals surface area contributed by atoms with E-state index in [0.29, 0.717) is 5.69 Å². The van der Waals surface area contributed by atoms with Gasteiger partial charge in [0.2, 0.25) is 0 Å². The van der Waals surface area contributed by atoms with E-state index in [1.807, 2.05) is 0 Å². The first kappa shape index (κ1) is 12.1. The summed E-state index contributed by atoms with van der Waals surface area (Å²) < 4.78 is 13.5. The van der Waals surface area contributed by atoms with Crippen LogP contribution in [0.2, 0.25) is 0 Å². The third-order valence-electron chi connectivity index (χ3n) is 2.63. The zero-order valence-corrected chi connectivity index (χ0v) is 9.80. The first-order valence-corrected chi connectivity index (χ1v) is 5.41. The molecule has 0 aliphatic rings. The molecule has 0 saturated carbocycles. The predicted octanol–water partition coefficient (Wildman–Crippen LogP) is 2.81. The fourth-order valence-corrected chi connectivity index (χ4v) is 1.63. The average Bonchev–Trinajstić information content (AvgIpc) is 2.37. The third kappa shape index (κ3) is 2.32. The minimum atomic E-state index is -0.561. The lowest BCUT2D eigenvalue weighted by Gasteiger charge is -2.17. The predicted molar refractivity (Wildman–Crippen MR) is 67.2 cm³/mol. The van der Waals surface area contributed by atoms with Crippen molar-refractivity contribution in [1.29, 1.82) is 0 Å². The van der Waals surface area contributed by atoms with Gasteiger partial charge in [0, 0.05) is 18.8 Å². The molecule has 0 bridgehead atoms. The van der Waals surface area contributed by atoms with Crippen LogP contribution in [0.4, 0.5) is 10.1 Å². The van der Waals surface area contributed by atoms with Gasteiger partial charge >= 0.3 is 0 Å². The van der Waals surface area contributed by atoms with E-state index in [1.54, 1.807) is 18.2 Å². The minimum Gasteiger partial charge on any atom is -0.508 e. The molecule has 4 heteroatoms. The maximum absolute atomic E-state index is 13.5. The summed E-state index contributed by atoms with van der Waals surface area (Å²) in [5.41, 5.74) is 0.506. The molecule has 0 atom stereocenters. The maximum atomic E-state index is 13.5. The number of hydrogen-bond acceptors (Lipinski definition) is 2. The second-order valence-electron chi connectivity index (χ2n) is 3.86. The Hall–Kier alpha value is -2.36. The first-order valence-electron chi connectivity index (χ1n) is 5.41. The number of phenols is 1. The highest BCUT2D eigenvalue weighted by Gasteiger charge is 2.16. The summed E-state index contributed by atoms with van der Waals surface area (Å²) in [6, 6.07) is 12.0. The van der Waals surface area contributed by atoms with Gasteiger partial charge in [-0.3, -0.25) is 4.79 Å². The van der Waals surface area contributed by atoms with Crippen LogP contribution in [-0.2, 0) is 0 Å². The number of rotatable bonds is 2. The lowest BCUT2D eigenvalue weighted by molar-refractivity contribution is 0.0989. The molecule has 0 heterocycles. The molecule has 18 heavy (non-hydrogen) atoms. The SMILES string of the molecule is CN(C(=O)c1ccccc1F)c1cccc(O)c1. The minimum absolute atomic E-state index is 0.00310. The van der Waals surface area contributed by atoms with Gasteiger partial charge in [0.25, 0.3) is 5.91 Å². The van der Waals surface area contributed by atoms with Gasteiger partial charge in [0.15, 0.2) is 0 Å². The van der Waals surface area contributed by atoms with E-state index in [-0.39, 0.29) is 11.3 Å². The third-order valence-corrected chi connectivity index (χ3v) is 2.63. The summed E-state index contributed by atoms with van der Waals surface area (Å²) in [4.78, 5) is 13.4. The normalized spacial score (nSPS) is 10.1. The van der Waals surface area contributed by atoms with Gasteiger partial charge in [-0.05, 0) is 24.3 Å². The molecule has 0 fully saturated rings. The Kier molecular flexibility index (Phi) is 3.28. The molecule has 0 aliphatic carbocycles. The molecule has 1 N–H and O–H groups in total. The van der Waals surface area contributed by atoms with Crippen LogP contribution < -0.4 is 4.90 Å². The van der Waals surface area contributed by atoms with Crippen LogP contribution in [0, 0.1) is 5.82 Å². The van der Waals surface area contributed by atoms with E-state index < -0.39 is 11.7 Å². The van der Waals surface area contributed by atoms with Crippen molar-refractivity contribution in [2.45, 2.75) is 0 Å². The molecule has 2 rings (SSSR count). The highest BCUT2D eigenvalue weighted by Crippen LogP contribution is 2.21.